The molecule has 1 atom stereocenters. The van der Waals surface area contributed by atoms with E-state index in [1.807, 2.05) is 25.1 Å². The van der Waals surface area contributed by atoms with E-state index in [9.17, 15) is 9.59 Å². The van der Waals surface area contributed by atoms with Crippen molar-refractivity contribution in [3.8, 4) is 11.5 Å². The first-order valence-corrected chi connectivity index (χ1v) is 12.8. The summed E-state index contributed by atoms with van der Waals surface area (Å²) in [6.45, 7) is 9.92. The van der Waals surface area contributed by atoms with E-state index in [1.54, 1.807) is 30.2 Å². The summed E-state index contributed by atoms with van der Waals surface area (Å²) in [7, 11) is 1.58. The van der Waals surface area contributed by atoms with Crippen LogP contribution in [-0.2, 0) is 0 Å². The summed E-state index contributed by atoms with van der Waals surface area (Å²) in [5.74, 6) is 1.02. The number of amides is 1. The van der Waals surface area contributed by atoms with Crippen LogP contribution in [0.25, 0.3) is 11.0 Å². The van der Waals surface area contributed by atoms with E-state index in [0.717, 1.165) is 36.1 Å². The van der Waals surface area contributed by atoms with Crippen LogP contribution in [0.2, 0.25) is 0 Å². The Kier molecular flexibility index (Phi) is 7.82. The Balaban J connectivity index is 1.83. The molecule has 3 aromatic rings. The Morgan fingerprint density at radius 1 is 1.06 bits per heavy atom. The van der Waals surface area contributed by atoms with Gasteiger partial charge in [0.15, 0.2) is 16.9 Å². The first-order valence-electron chi connectivity index (χ1n) is 12.0. The summed E-state index contributed by atoms with van der Waals surface area (Å²) in [5, 5.41) is 0.443. The summed E-state index contributed by atoms with van der Waals surface area (Å²) < 4.78 is 18.1. The van der Waals surface area contributed by atoms with Crippen molar-refractivity contribution in [2.75, 3.05) is 39.9 Å². The van der Waals surface area contributed by atoms with Gasteiger partial charge in [-0.25, -0.2) is 0 Å². The van der Waals surface area contributed by atoms with Gasteiger partial charge in [0.05, 0.1) is 30.7 Å². The van der Waals surface area contributed by atoms with Gasteiger partial charge in [0.25, 0.3) is 5.91 Å². The van der Waals surface area contributed by atoms with Gasteiger partial charge >= 0.3 is 0 Å². The average Bonchev–Trinajstić information content (AvgIpc) is 3.14. The molecule has 0 fully saturated rings. The fraction of sp³-hybridized carbons (Fsp3) is 0.407. The maximum absolute atomic E-state index is 13.7. The molecule has 2 aromatic carbocycles. The summed E-state index contributed by atoms with van der Waals surface area (Å²) in [6, 6.07) is 10.2. The van der Waals surface area contributed by atoms with Gasteiger partial charge in [0.2, 0.25) is 5.76 Å². The van der Waals surface area contributed by atoms with Gasteiger partial charge in [0, 0.05) is 11.0 Å². The third-order valence-corrected chi connectivity index (χ3v) is 6.99. The molecule has 35 heavy (non-hydrogen) atoms. The van der Waals surface area contributed by atoms with E-state index >= 15 is 0 Å². The lowest BCUT2D eigenvalue weighted by Crippen LogP contribution is -2.33. The van der Waals surface area contributed by atoms with Crippen LogP contribution in [0.5, 0.6) is 11.5 Å². The molecule has 1 aliphatic rings. The van der Waals surface area contributed by atoms with Crippen LogP contribution in [0.4, 0.5) is 0 Å². The third kappa shape index (κ3) is 4.82. The highest BCUT2D eigenvalue weighted by atomic mass is 79.9. The zero-order valence-corrected chi connectivity index (χ0v) is 22.2. The van der Waals surface area contributed by atoms with Gasteiger partial charge in [-0.05, 0) is 68.9 Å². The van der Waals surface area contributed by atoms with E-state index in [4.69, 9.17) is 13.9 Å². The molecule has 1 unspecified atom stereocenters. The summed E-state index contributed by atoms with van der Waals surface area (Å²) in [5.41, 5.74) is 1.36. The van der Waals surface area contributed by atoms with Crippen molar-refractivity contribution in [1.29, 1.82) is 0 Å². The number of rotatable bonds is 10. The zero-order valence-electron chi connectivity index (χ0n) is 20.6. The smallest absolute Gasteiger partial charge is 0.290 e. The largest absolute Gasteiger partial charge is 0.493 e. The van der Waals surface area contributed by atoms with Crippen molar-refractivity contribution in [2.24, 2.45) is 0 Å². The lowest BCUT2D eigenvalue weighted by Gasteiger charge is -2.27. The van der Waals surface area contributed by atoms with Crippen LogP contribution in [0.1, 0.15) is 54.9 Å². The molecule has 0 N–H and O–H groups in total. The molecule has 0 aliphatic carbocycles. The van der Waals surface area contributed by atoms with Gasteiger partial charge in [-0.3, -0.25) is 9.59 Å². The van der Waals surface area contributed by atoms with E-state index in [-0.39, 0.29) is 17.1 Å². The first kappa shape index (κ1) is 25.3. The second-order valence-corrected chi connectivity index (χ2v) is 9.35. The number of hydrogen-bond acceptors (Lipinski definition) is 6. The highest BCUT2D eigenvalue weighted by Gasteiger charge is 2.42. The van der Waals surface area contributed by atoms with Crippen LogP contribution in [0.15, 0.2) is 50.1 Å². The van der Waals surface area contributed by atoms with Gasteiger partial charge in [-0.1, -0.05) is 35.8 Å². The van der Waals surface area contributed by atoms with E-state index in [2.05, 4.69) is 34.7 Å². The molecule has 8 heteroatoms. The Morgan fingerprint density at radius 3 is 2.51 bits per heavy atom. The van der Waals surface area contributed by atoms with Crippen molar-refractivity contribution in [2.45, 2.75) is 33.2 Å². The predicted molar refractivity (Wildman–Crippen MR) is 140 cm³/mol. The SMILES string of the molecule is CCOc1ccc(C2c3c(oc4ccc(Br)cc4c3=O)C(=O)N2CCCN(CC)CC)cc1OC. The number of halogens is 1. The minimum absolute atomic E-state index is 0.116. The second-order valence-electron chi connectivity index (χ2n) is 8.44. The van der Waals surface area contributed by atoms with Crippen molar-refractivity contribution in [1.82, 2.24) is 9.80 Å². The van der Waals surface area contributed by atoms with Crippen LogP contribution in [-0.4, -0.2) is 55.6 Å². The quantitative estimate of drug-likeness (QED) is 0.349. The molecule has 7 nitrogen and oxygen atoms in total. The molecule has 1 aliphatic heterocycles. The molecule has 0 spiro atoms. The standard InChI is InChI=1S/C27H31BrN2O5/c1-5-29(6-2)13-8-14-30-24(17-9-11-21(34-7-3)22(15-17)33-4)23-25(31)19-16-18(28)10-12-20(19)35-26(23)27(30)32/h9-12,15-16,24H,5-8,13-14H2,1-4H3. The third-order valence-electron chi connectivity index (χ3n) is 6.50. The second kappa shape index (κ2) is 10.8. The number of methoxy groups -OCH3 is 1. The van der Waals surface area contributed by atoms with Crippen molar-refractivity contribution in [3.05, 3.63) is 68.0 Å². The number of carbonyl (C=O) groups is 1. The molecule has 0 saturated carbocycles. The molecular formula is C27H31BrN2O5. The van der Waals surface area contributed by atoms with Gasteiger partial charge in [-0.2, -0.15) is 0 Å². The average molecular weight is 543 g/mol. The molecular weight excluding hydrogens is 512 g/mol. The van der Waals surface area contributed by atoms with Crippen molar-refractivity contribution >= 4 is 32.8 Å². The highest BCUT2D eigenvalue weighted by molar-refractivity contribution is 9.10. The Bertz CT molecular complexity index is 1280. The molecule has 186 valence electrons. The molecule has 1 aromatic heterocycles. The molecule has 4 rings (SSSR count). The van der Waals surface area contributed by atoms with Gasteiger partial charge < -0.3 is 23.7 Å². The number of benzene rings is 2. The maximum atomic E-state index is 13.7. The van der Waals surface area contributed by atoms with Gasteiger partial charge in [0.1, 0.15) is 5.58 Å². The lowest BCUT2D eigenvalue weighted by molar-refractivity contribution is 0.0720. The summed E-state index contributed by atoms with van der Waals surface area (Å²) in [6.07, 6.45) is 0.783. The molecule has 1 amide bonds. The number of fused-ring (bicyclic) bond motifs is 2. The maximum Gasteiger partial charge on any atom is 0.290 e. The summed E-state index contributed by atoms with van der Waals surface area (Å²) >= 11 is 3.44. The lowest BCUT2D eigenvalue weighted by atomic mass is 9.98. The van der Waals surface area contributed by atoms with Crippen molar-refractivity contribution < 1.29 is 18.7 Å². The van der Waals surface area contributed by atoms with Crippen LogP contribution >= 0.6 is 15.9 Å². The van der Waals surface area contributed by atoms with Crippen LogP contribution < -0.4 is 14.9 Å². The number of hydrogen-bond donors (Lipinski definition) is 0. The topological polar surface area (TPSA) is 72.2 Å². The first-order chi connectivity index (χ1) is 16.9. The van der Waals surface area contributed by atoms with E-state index in [0.29, 0.717) is 41.2 Å². The van der Waals surface area contributed by atoms with E-state index in [1.165, 1.54) is 0 Å². The number of nitrogens with zero attached hydrogens (tertiary/aromatic N) is 2. The van der Waals surface area contributed by atoms with E-state index < -0.39 is 6.04 Å². The minimum Gasteiger partial charge on any atom is -0.493 e. The molecule has 2 heterocycles. The normalized spacial score (nSPS) is 15.2. The Hall–Kier alpha value is -2.84. The molecule has 0 bridgehead atoms. The fourth-order valence-electron chi connectivity index (χ4n) is 4.70. The molecule has 0 saturated heterocycles. The minimum atomic E-state index is -0.571. The fourth-order valence-corrected chi connectivity index (χ4v) is 5.06. The Labute approximate surface area is 213 Å². The summed E-state index contributed by atoms with van der Waals surface area (Å²) in [4.78, 5) is 31.4. The monoisotopic (exact) mass is 542 g/mol. The number of carbonyl (C=O) groups excluding carboxylic acids is 1. The Morgan fingerprint density at radius 2 is 1.83 bits per heavy atom. The van der Waals surface area contributed by atoms with Crippen LogP contribution in [0.3, 0.4) is 0 Å². The molecule has 0 radical (unpaired) electrons. The van der Waals surface area contributed by atoms with Crippen LogP contribution in [0, 0.1) is 0 Å². The predicted octanol–water partition coefficient (Wildman–Crippen LogP) is 5.24. The van der Waals surface area contributed by atoms with Gasteiger partial charge in [-0.15, -0.1) is 0 Å². The van der Waals surface area contributed by atoms with Crippen molar-refractivity contribution in [3.63, 3.8) is 0 Å². The zero-order chi connectivity index (χ0) is 25.1. The number of ether oxygens (including phenoxy) is 2. The highest BCUT2D eigenvalue weighted by Crippen LogP contribution is 2.41.